The first kappa shape index (κ1) is 18.6. The van der Waals surface area contributed by atoms with Crippen LogP contribution in [-0.2, 0) is 6.42 Å². The third-order valence-corrected chi connectivity index (χ3v) is 4.05. The van der Waals surface area contributed by atoms with E-state index in [-0.39, 0.29) is 6.10 Å². The smallest absolute Gasteiger partial charge is 0.249 e. The Hall–Kier alpha value is -3.15. The SMILES string of the molecule is CCc1cccc(C)c1Nc1nncc(Nc2ccccc2OC(C)C)n1. The molecule has 0 aliphatic rings. The minimum Gasteiger partial charge on any atom is -0.489 e. The number of hydrogen-bond donors (Lipinski definition) is 2. The molecule has 1 heterocycles. The predicted octanol–water partition coefficient (Wildman–Crippen LogP) is 5.02. The van der Waals surface area contributed by atoms with Crippen molar-refractivity contribution >= 4 is 23.1 Å². The van der Waals surface area contributed by atoms with Crippen LogP contribution in [0.2, 0.25) is 0 Å². The number of anilines is 4. The van der Waals surface area contributed by atoms with E-state index in [1.807, 2.05) is 38.1 Å². The zero-order valence-electron chi connectivity index (χ0n) is 16.2. The maximum absolute atomic E-state index is 5.85. The molecule has 0 aliphatic carbocycles. The van der Waals surface area contributed by atoms with Crippen molar-refractivity contribution in [3.63, 3.8) is 0 Å². The van der Waals surface area contributed by atoms with Crippen LogP contribution in [0.5, 0.6) is 5.75 Å². The Kier molecular flexibility index (Phi) is 5.86. The average Bonchev–Trinajstić information content (AvgIpc) is 2.65. The summed E-state index contributed by atoms with van der Waals surface area (Å²) in [4.78, 5) is 4.55. The number of para-hydroxylation sites is 3. The fraction of sp³-hybridized carbons (Fsp3) is 0.286. The van der Waals surface area contributed by atoms with Gasteiger partial charge in [0.25, 0.3) is 0 Å². The van der Waals surface area contributed by atoms with Crippen molar-refractivity contribution in [2.24, 2.45) is 0 Å². The quantitative estimate of drug-likeness (QED) is 0.614. The highest BCUT2D eigenvalue weighted by molar-refractivity contribution is 5.66. The van der Waals surface area contributed by atoms with Crippen LogP contribution in [0, 0.1) is 6.92 Å². The topological polar surface area (TPSA) is 72.0 Å². The van der Waals surface area contributed by atoms with Gasteiger partial charge < -0.3 is 15.4 Å². The van der Waals surface area contributed by atoms with Crippen LogP contribution in [0.3, 0.4) is 0 Å². The van der Waals surface area contributed by atoms with Gasteiger partial charge in [-0.3, -0.25) is 0 Å². The summed E-state index contributed by atoms with van der Waals surface area (Å²) >= 11 is 0. The summed E-state index contributed by atoms with van der Waals surface area (Å²) in [7, 11) is 0. The summed E-state index contributed by atoms with van der Waals surface area (Å²) < 4.78 is 5.85. The van der Waals surface area contributed by atoms with Crippen molar-refractivity contribution < 1.29 is 4.74 Å². The molecule has 1 aromatic heterocycles. The molecule has 0 atom stereocenters. The molecule has 0 unspecified atom stereocenters. The van der Waals surface area contributed by atoms with Crippen molar-refractivity contribution in [1.82, 2.24) is 15.2 Å². The zero-order chi connectivity index (χ0) is 19.2. The van der Waals surface area contributed by atoms with Crippen molar-refractivity contribution in [2.45, 2.75) is 40.2 Å². The first-order valence-electron chi connectivity index (χ1n) is 9.14. The van der Waals surface area contributed by atoms with Gasteiger partial charge >= 0.3 is 0 Å². The molecule has 0 spiro atoms. The fourth-order valence-electron chi connectivity index (χ4n) is 2.80. The van der Waals surface area contributed by atoms with E-state index in [0.29, 0.717) is 11.8 Å². The average molecular weight is 363 g/mol. The van der Waals surface area contributed by atoms with Crippen molar-refractivity contribution in [3.8, 4) is 5.75 Å². The lowest BCUT2D eigenvalue weighted by molar-refractivity contribution is 0.244. The van der Waals surface area contributed by atoms with Crippen LogP contribution in [0.1, 0.15) is 31.9 Å². The maximum Gasteiger partial charge on any atom is 0.249 e. The number of aromatic nitrogens is 3. The molecule has 6 heteroatoms. The molecule has 0 fully saturated rings. The molecule has 2 N–H and O–H groups in total. The molecule has 0 radical (unpaired) electrons. The number of hydrogen-bond acceptors (Lipinski definition) is 6. The van der Waals surface area contributed by atoms with Gasteiger partial charge in [0.05, 0.1) is 18.0 Å². The van der Waals surface area contributed by atoms with Gasteiger partial charge in [-0.05, 0) is 50.5 Å². The lowest BCUT2D eigenvalue weighted by Gasteiger charge is -2.15. The molecule has 0 saturated heterocycles. The van der Waals surface area contributed by atoms with Gasteiger partial charge in [0.2, 0.25) is 5.95 Å². The minimum absolute atomic E-state index is 0.0854. The molecular weight excluding hydrogens is 338 g/mol. The number of nitrogens with one attached hydrogen (secondary N) is 2. The monoisotopic (exact) mass is 363 g/mol. The Morgan fingerprint density at radius 3 is 2.63 bits per heavy atom. The Labute approximate surface area is 160 Å². The van der Waals surface area contributed by atoms with E-state index in [9.17, 15) is 0 Å². The van der Waals surface area contributed by atoms with Gasteiger partial charge in [0.15, 0.2) is 5.82 Å². The normalized spacial score (nSPS) is 10.7. The highest BCUT2D eigenvalue weighted by Gasteiger charge is 2.10. The molecule has 0 bridgehead atoms. The third-order valence-electron chi connectivity index (χ3n) is 4.05. The third kappa shape index (κ3) is 4.73. The second-order valence-electron chi connectivity index (χ2n) is 6.54. The second-order valence-corrected chi connectivity index (χ2v) is 6.54. The second kappa shape index (κ2) is 8.49. The Balaban J connectivity index is 1.83. The first-order valence-corrected chi connectivity index (χ1v) is 9.14. The van der Waals surface area contributed by atoms with Gasteiger partial charge in [-0.1, -0.05) is 37.3 Å². The number of rotatable bonds is 7. The maximum atomic E-state index is 5.85. The van der Waals surface area contributed by atoms with E-state index in [0.717, 1.165) is 29.1 Å². The molecule has 140 valence electrons. The summed E-state index contributed by atoms with van der Waals surface area (Å²) in [5, 5.41) is 14.8. The largest absolute Gasteiger partial charge is 0.489 e. The van der Waals surface area contributed by atoms with Crippen LogP contribution in [0.15, 0.2) is 48.7 Å². The summed E-state index contributed by atoms with van der Waals surface area (Å²) in [6, 6.07) is 14.0. The van der Waals surface area contributed by atoms with Crippen LogP contribution < -0.4 is 15.4 Å². The summed E-state index contributed by atoms with van der Waals surface area (Å²) in [5.74, 6) is 1.82. The molecule has 2 aromatic carbocycles. The molecular formula is C21H25N5O. The van der Waals surface area contributed by atoms with E-state index < -0.39 is 0 Å². The van der Waals surface area contributed by atoms with E-state index in [1.54, 1.807) is 6.20 Å². The van der Waals surface area contributed by atoms with Crippen LogP contribution in [0.25, 0.3) is 0 Å². The fourth-order valence-corrected chi connectivity index (χ4v) is 2.80. The van der Waals surface area contributed by atoms with E-state index in [4.69, 9.17) is 4.74 Å². The van der Waals surface area contributed by atoms with Crippen LogP contribution in [0.4, 0.5) is 23.1 Å². The summed E-state index contributed by atoms with van der Waals surface area (Å²) in [6.45, 7) is 8.19. The van der Waals surface area contributed by atoms with Crippen LogP contribution in [-0.4, -0.2) is 21.3 Å². The standard InChI is InChI=1S/C21H25N5O/c1-5-16-10-8-9-15(4)20(16)25-21-24-19(13-22-26-21)23-17-11-6-7-12-18(17)27-14(2)3/h6-14H,5H2,1-4H3,(H2,23,24,25,26). The molecule has 27 heavy (non-hydrogen) atoms. The Morgan fingerprint density at radius 2 is 1.85 bits per heavy atom. The molecule has 0 amide bonds. The van der Waals surface area contributed by atoms with Gasteiger partial charge in [-0.25, -0.2) is 0 Å². The van der Waals surface area contributed by atoms with Gasteiger partial charge in [-0.15, -0.1) is 5.10 Å². The van der Waals surface area contributed by atoms with Gasteiger partial charge in [0.1, 0.15) is 5.75 Å². The van der Waals surface area contributed by atoms with Crippen molar-refractivity contribution in [3.05, 3.63) is 59.8 Å². The number of benzene rings is 2. The highest BCUT2D eigenvalue weighted by atomic mass is 16.5. The number of aryl methyl sites for hydroxylation is 2. The molecule has 0 saturated carbocycles. The van der Waals surface area contributed by atoms with E-state index in [2.05, 4.69) is 57.9 Å². The van der Waals surface area contributed by atoms with Crippen LogP contribution >= 0.6 is 0 Å². The van der Waals surface area contributed by atoms with E-state index in [1.165, 1.54) is 5.56 Å². The number of nitrogens with zero attached hydrogens (tertiary/aromatic N) is 3. The zero-order valence-corrected chi connectivity index (χ0v) is 16.2. The minimum atomic E-state index is 0.0854. The predicted molar refractivity (Wildman–Crippen MR) is 109 cm³/mol. The Bertz CT molecular complexity index is 911. The molecule has 3 rings (SSSR count). The molecule has 3 aromatic rings. The number of ether oxygens (including phenoxy) is 1. The first-order chi connectivity index (χ1) is 13.1. The lowest BCUT2D eigenvalue weighted by atomic mass is 10.1. The Morgan fingerprint density at radius 1 is 1.04 bits per heavy atom. The highest BCUT2D eigenvalue weighted by Crippen LogP contribution is 2.28. The summed E-state index contributed by atoms with van der Waals surface area (Å²) in [6.07, 6.45) is 2.60. The van der Waals surface area contributed by atoms with E-state index >= 15 is 0 Å². The molecule has 6 nitrogen and oxygen atoms in total. The summed E-state index contributed by atoms with van der Waals surface area (Å²) in [5.41, 5.74) is 4.23. The van der Waals surface area contributed by atoms with Gasteiger partial charge in [0, 0.05) is 5.69 Å². The van der Waals surface area contributed by atoms with Gasteiger partial charge in [-0.2, -0.15) is 10.1 Å². The lowest BCUT2D eigenvalue weighted by Crippen LogP contribution is -2.08. The van der Waals surface area contributed by atoms with Crippen molar-refractivity contribution in [2.75, 3.05) is 10.6 Å². The molecule has 0 aliphatic heterocycles. The van der Waals surface area contributed by atoms with Crippen molar-refractivity contribution in [1.29, 1.82) is 0 Å².